The van der Waals surface area contributed by atoms with E-state index in [2.05, 4.69) is 5.32 Å². The molecule has 34 heavy (non-hydrogen) atoms. The summed E-state index contributed by atoms with van der Waals surface area (Å²) >= 11 is 0. The molecule has 176 valence electrons. The van der Waals surface area contributed by atoms with Gasteiger partial charge in [0.1, 0.15) is 12.3 Å². The zero-order chi connectivity index (χ0) is 24.3. The van der Waals surface area contributed by atoms with Gasteiger partial charge >= 0.3 is 0 Å². The third kappa shape index (κ3) is 4.68. The predicted molar refractivity (Wildman–Crippen MR) is 134 cm³/mol. The Balaban J connectivity index is 1.62. The molecule has 0 bridgehead atoms. The number of hydrogen-bond donors (Lipinski definition) is 1. The number of likely N-dealkylation sites (N-methyl/N-ethyl adjacent to an activating group) is 1. The average Bonchev–Trinajstić information content (AvgIpc) is 3.19. The van der Waals surface area contributed by atoms with Crippen LogP contribution in [-0.2, 0) is 26.0 Å². The Bertz CT molecular complexity index is 1460. The van der Waals surface area contributed by atoms with Crippen molar-refractivity contribution in [2.45, 2.75) is 25.3 Å². The molecule has 7 nitrogen and oxygen atoms in total. The molecule has 0 aliphatic heterocycles. The van der Waals surface area contributed by atoms with Crippen molar-refractivity contribution in [2.75, 3.05) is 24.2 Å². The highest BCUT2D eigenvalue weighted by atomic mass is 32.2. The Morgan fingerprint density at radius 2 is 1.53 bits per heavy atom. The Kier molecular flexibility index (Phi) is 6.70. The minimum atomic E-state index is -3.96. The van der Waals surface area contributed by atoms with E-state index >= 15 is 0 Å². The van der Waals surface area contributed by atoms with E-state index in [9.17, 15) is 18.0 Å². The van der Waals surface area contributed by atoms with Gasteiger partial charge in [0.25, 0.3) is 0 Å². The van der Waals surface area contributed by atoms with Crippen LogP contribution in [0.3, 0.4) is 0 Å². The number of sulfone groups is 1. The molecule has 0 aliphatic rings. The highest BCUT2D eigenvalue weighted by Crippen LogP contribution is 2.27. The van der Waals surface area contributed by atoms with E-state index < -0.39 is 21.5 Å². The molecule has 4 rings (SSSR count). The fourth-order valence-corrected chi connectivity index (χ4v) is 5.55. The molecular weight excluding hydrogens is 450 g/mol. The average molecular weight is 478 g/mol. The van der Waals surface area contributed by atoms with Crippen molar-refractivity contribution in [1.82, 2.24) is 9.47 Å². The van der Waals surface area contributed by atoms with Gasteiger partial charge < -0.3 is 14.8 Å². The van der Waals surface area contributed by atoms with Crippen LogP contribution in [0.4, 0.5) is 5.69 Å². The van der Waals surface area contributed by atoms with Crippen molar-refractivity contribution in [2.24, 2.45) is 0 Å². The molecule has 0 fully saturated rings. The fourth-order valence-electron chi connectivity index (χ4n) is 4.18. The minimum absolute atomic E-state index is 0.0277. The first-order valence-corrected chi connectivity index (χ1v) is 12.8. The Hall–Kier alpha value is -3.65. The molecule has 0 atom stereocenters. The van der Waals surface area contributed by atoms with E-state index in [0.29, 0.717) is 29.7 Å². The highest BCUT2D eigenvalue weighted by molar-refractivity contribution is 7.92. The summed E-state index contributed by atoms with van der Waals surface area (Å²) < 4.78 is 28.2. The first-order valence-electron chi connectivity index (χ1n) is 11.2. The SMILES string of the molecule is CCN(CC)C(=O)Cn1cc(S(=O)(=O)CC(=O)Nc2cccc3ccccc23)c2ccccc21. The Labute approximate surface area is 198 Å². The lowest BCUT2D eigenvalue weighted by atomic mass is 10.1. The van der Waals surface area contributed by atoms with Crippen molar-refractivity contribution in [3.05, 3.63) is 72.9 Å². The van der Waals surface area contributed by atoms with E-state index in [4.69, 9.17) is 0 Å². The smallest absolute Gasteiger partial charge is 0.242 e. The van der Waals surface area contributed by atoms with Crippen LogP contribution in [0.1, 0.15) is 13.8 Å². The lowest BCUT2D eigenvalue weighted by Crippen LogP contribution is -2.33. The van der Waals surface area contributed by atoms with Crippen molar-refractivity contribution >= 4 is 49.0 Å². The number of hydrogen-bond acceptors (Lipinski definition) is 4. The van der Waals surface area contributed by atoms with Gasteiger partial charge in [-0.05, 0) is 31.4 Å². The van der Waals surface area contributed by atoms with Gasteiger partial charge in [-0.1, -0.05) is 54.6 Å². The molecule has 1 heterocycles. The summed E-state index contributed by atoms with van der Waals surface area (Å²) in [4.78, 5) is 27.2. The number of para-hydroxylation sites is 1. The van der Waals surface area contributed by atoms with Gasteiger partial charge in [-0.25, -0.2) is 8.42 Å². The molecule has 0 spiro atoms. The largest absolute Gasteiger partial charge is 0.342 e. The van der Waals surface area contributed by atoms with Crippen LogP contribution in [0.25, 0.3) is 21.7 Å². The van der Waals surface area contributed by atoms with Crippen molar-refractivity contribution < 1.29 is 18.0 Å². The molecule has 0 radical (unpaired) electrons. The molecule has 0 saturated carbocycles. The molecule has 3 aromatic carbocycles. The van der Waals surface area contributed by atoms with Gasteiger partial charge in [0, 0.05) is 41.3 Å². The maximum absolute atomic E-state index is 13.3. The third-order valence-electron chi connectivity index (χ3n) is 5.89. The second kappa shape index (κ2) is 9.69. The highest BCUT2D eigenvalue weighted by Gasteiger charge is 2.25. The topological polar surface area (TPSA) is 88.5 Å². The van der Waals surface area contributed by atoms with Gasteiger partial charge in [-0.3, -0.25) is 9.59 Å². The second-order valence-electron chi connectivity index (χ2n) is 8.04. The predicted octanol–water partition coefficient (Wildman–Crippen LogP) is 4.08. The monoisotopic (exact) mass is 477 g/mol. The summed E-state index contributed by atoms with van der Waals surface area (Å²) in [6.45, 7) is 4.99. The molecule has 8 heteroatoms. The summed E-state index contributed by atoms with van der Waals surface area (Å²) in [6.07, 6.45) is 1.46. The third-order valence-corrected chi connectivity index (χ3v) is 7.53. The Morgan fingerprint density at radius 3 is 2.26 bits per heavy atom. The van der Waals surface area contributed by atoms with Crippen molar-refractivity contribution in [3.8, 4) is 0 Å². The number of aromatic nitrogens is 1. The number of fused-ring (bicyclic) bond motifs is 2. The van der Waals surface area contributed by atoms with Crippen molar-refractivity contribution in [1.29, 1.82) is 0 Å². The van der Waals surface area contributed by atoms with Crippen LogP contribution < -0.4 is 5.32 Å². The molecule has 0 unspecified atom stereocenters. The first kappa shape index (κ1) is 23.5. The number of carbonyl (C=O) groups is 2. The van der Waals surface area contributed by atoms with E-state index in [1.807, 2.05) is 50.2 Å². The quantitative estimate of drug-likeness (QED) is 0.414. The van der Waals surface area contributed by atoms with Crippen LogP contribution in [0, 0.1) is 0 Å². The summed E-state index contributed by atoms with van der Waals surface area (Å²) in [5, 5.41) is 5.02. The van der Waals surface area contributed by atoms with Crippen LogP contribution >= 0.6 is 0 Å². The molecule has 0 saturated heterocycles. The van der Waals surface area contributed by atoms with E-state index in [1.54, 1.807) is 39.8 Å². The molecular formula is C26H27N3O4S. The van der Waals surface area contributed by atoms with Crippen molar-refractivity contribution in [3.63, 3.8) is 0 Å². The van der Waals surface area contributed by atoms with E-state index in [0.717, 1.165) is 10.8 Å². The molecule has 2 amide bonds. The van der Waals surface area contributed by atoms with Crippen LogP contribution in [0.15, 0.2) is 77.8 Å². The molecule has 4 aromatic rings. The number of rotatable bonds is 8. The standard InChI is InChI=1S/C26H27N3O4S/c1-3-28(4-2)26(31)17-29-16-24(21-13-7-8-15-23(21)29)34(32,33)18-25(30)27-22-14-9-11-19-10-5-6-12-20(19)22/h5-16H,3-4,17-18H2,1-2H3,(H,27,30). The van der Waals surface area contributed by atoms with Crippen LogP contribution in [0.2, 0.25) is 0 Å². The number of anilines is 1. The lowest BCUT2D eigenvalue weighted by molar-refractivity contribution is -0.131. The number of benzene rings is 3. The first-order chi connectivity index (χ1) is 16.3. The number of carbonyl (C=O) groups excluding carboxylic acids is 2. The van der Waals surface area contributed by atoms with Gasteiger partial charge in [0.05, 0.1) is 4.90 Å². The summed E-state index contributed by atoms with van der Waals surface area (Å²) in [6, 6.07) is 20.1. The van der Waals surface area contributed by atoms with Gasteiger partial charge in [-0.2, -0.15) is 0 Å². The van der Waals surface area contributed by atoms with Crippen LogP contribution in [0.5, 0.6) is 0 Å². The Morgan fingerprint density at radius 1 is 0.882 bits per heavy atom. The van der Waals surface area contributed by atoms with E-state index in [1.165, 1.54) is 6.20 Å². The van der Waals surface area contributed by atoms with E-state index in [-0.39, 0.29) is 17.3 Å². The maximum atomic E-state index is 13.3. The number of nitrogens with zero attached hydrogens (tertiary/aromatic N) is 2. The summed E-state index contributed by atoms with van der Waals surface area (Å²) in [5.74, 6) is -1.41. The molecule has 0 aliphatic carbocycles. The normalized spacial score (nSPS) is 11.6. The maximum Gasteiger partial charge on any atom is 0.242 e. The molecule has 1 N–H and O–H groups in total. The second-order valence-corrected chi connectivity index (χ2v) is 10.00. The van der Waals surface area contributed by atoms with Gasteiger partial charge in [-0.15, -0.1) is 0 Å². The van der Waals surface area contributed by atoms with Gasteiger partial charge in [0.2, 0.25) is 11.8 Å². The number of nitrogens with one attached hydrogen (secondary N) is 1. The number of amides is 2. The summed E-state index contributed by atoms with van der Waals surface area (Å²) in [5.41, 5.74) is 1.20. The zero-order valence-corrected chi connectivity index (χ0v) is 20.0. The molecule has 1 aromatic heterocycles. The summed E-state index contributed by atoms with van der Waals surface area (Å²) in [7, 11) is -3.96. The minimum Gasteiger partial charge on any atom is -0.342 e. The fraction of sp³-hybridized carbons (Fsp3) is 0.231. The zero-order valence-electron chi connectivity index (χ0n) is 19.2. The van der Waals surface area contributed by atoms with Crippen LogP contribution in [-0.4, -0.2) is 48.5 Å². The van der Waals surface area contributed by atoms with Gasteiger partial charge in [0.15, 0.2) is 9.84 Å². The lowest BCUT2D eigenvalue weighted by Gasteiger charge is -2.19.